The number of aromatic hydroxyl groups is 2. The van der Waals surface area contributed by atoms with E-state index in [2.05, 4.69) is 5.32 Å². The van der Waals surface area contributed by atoms with Gasteiger partial charge in [-0.15, -0.1) is 0 Å². The van der Waals surface area contributed by atoms with Gasteiger partial charge in [0.25, 0.3) is 5.91 Å². The average molecular weight is 262 g/mol. The number of rotatable bonds is 2. The van der Waals surface area contributed by atoms with E-state index >= 15 is 0 Å². The first-order chi connectivity index (χ1) is 8.97. The standard InChI is InChI=1S/C13H11FN2O3/c14-10-5-7(1-4-11(10)15)16-13(19)9-3-2-8(17)6-12(9)18/h1-6,17-18H,15H2,(H,16,19). The maximum atomic E-state index is 13.2. The lowest BCUT2D eigenvalue weighted by molar-refractivity contribution is 0.102. The molecule has 5 N–H and O–H groups in total. The lowest BCUT2D eigenvalue weighted by Crippen LogP contribution is -2.12. The molecule has 0 spiro atoms. The number of carbonyl (C=O) groups excluding carboxylic acids is 1. The zero-order valence-corrected chi connectivity index (χ0v) is 9.72. The summed E-state index contributed by atoms with van der Waals surface area (Å²) in [7, 11) is 0. The van der Waals surface area contributed by atoms with Gasteiger partial charge in [0.2, 0.25) is 0 Å². The zero-order valence-electron chi connectivity index (χ0n) is 9.72. The highest BCUT2D eigenvalue weighted by atomic mass is 19.1. The third-order valence-electron chi connectivity index (χ3n) is 2.48. The number of nitrogen functional groups attached to an aromatic ring is 1. The highest BCUT2D eigenvalue weighted by Crippen LogP contribution is 2.24. The zero-order chi connectivity index (χ0) is 14.0. The molecule has 98 valence electrons. The number of amides is 1. The van der Waals surface area contributed by atoms with E-state index in [1.165, 1.54) is 24.3 Å². The Morgan fingerprint density at radius 2 is 1.89 bits per heavy atom. The molecule has 1 amide bonds. The molecule has 0 aliphatic carbocycles. The van der Waals surface area contributed by atoms with Gasteiger partial charge in [0.15, 0.2) is 0 Å². The minimum absolute atomic E-state index is 0.0227. The van der Waals surface area contributed by atoms with Crippen molar-refractivity contribution in [2.45, 2.75) is 0 Å². The van der Waals surface area contributed by atoms with Gasteiger partial charge in [0.05, 0.1) is 11.3 Å². The van der Waals surface area contributed by atoms with Crippen LogP contribution in [-0.2, 0) is 0 Å². The van der Waals surface area contributed by atoms with Gasteiger partial charge in [0, 0.05) is 11.8 Å². The van der Waals surface area contributed by atoms with Crippen LogP contribution < -0.4 is 11.1 Å². The maximum Gasteiger partial charge on any atom is 0.259 e. The number of hydrogen-bond acceptors (Lipinski definition) is 4. The second kappa shape index (κ2) is 4.85. The van der Waals surface area contributed by atoms with Crippen LogP contribution >= 0.6 is 0 Å². The average Bonchev–Trinajstić information content (AvgIpc) is 2.33. The Bertz CT molecular complexity index is 644. The van der Waals surface area contributed by atoms with Crippen LogP contribution in [0.5, 0.6) is 11.5 Å². The number of nitrogens with two attached hydrogens (primary N) is 1. The molecule has 0 saturated heterocycles. The van der Waals surface area contributed by atoms with Crippen molar-refractivity contribution in [3.05, 3.63) is 47.8 Å². The third-order valence-corrected chi connectivity index (χ3v) is 2.48. The molecular weight excluding hydrogens is 251 g/mol. The molecule has 0 radical (unpaired) electrons. The molecule has 0 aliphatic heterocycles. The Morgan fingerprint density at radius 1 is 1.16 bits per heavy atom. The topological polar surface area (TPSA) is 95.6 Å². The number of carbonyl (C=O) groups is 1. The number of phenolic OH excluding ortho intramolecular Hbond substituents is 2. The summed E-state index contributed by atoms with van der Waals surface area (Å²) >= 11 is 0. The van der Waals surface area contributed by atoms with E-state index in [9.17, 15) is 14.3 Å². The molecule has 0 bridgehead atoms. The lowest BCUT2D eigenvalue weighted by atomic mass is 10.1. The van der Waals surface area contributed by atoms with Crippen molar-refractivity contribution in [1.82, 2.24) is 0 Å². The first-order valence-electron chi connectivity index (χ1n) is 5.36. The molecule has 2 aromatic rings. The molecule has 5 nitrogen and oxygen atoms in total. The van der Waals surface area contributed by atoms with Crippen molar-refractivity contribution >= 4 is 17.3 Å². The van der Waals surface area contributed by atoms with E-state index in [0.29, 0.717) is 0 Å². The normalized spacial score (nSPS) is 10.2. The van der Waals surface area contributed by atoms with Gasteiger partial charge in [-0.3, -0.25) is 4.79 Å². The molecule has 0 atom stereocenters. The van der Waals surface area contributed by atoms with E-state index in [-0.39, 0.29) is 28.4 Å². The molecule has 0 unspecified atom stereocenters. The largest absolute Gasteiger partial charge is 0.508 e. The minimum Gasteiger partial charge on any atom is -0.508 e. The summed E-state index contributed by atoms with van der Waals surface area (Å²) in [5, 5.41) is 21.1. The van der Waals surface area contributed by atoms with E-state index in [0.717, 1.165) is 12.1 Å². The van der Waals surface area contributed by atoms with Gasteiger partial charge in [-0.05, 0) is 30.3 Å². The SMILES string of the molecule is Nc1ccc(NC(=O)c2ccc(O)cc2O)cc1F. The number of anilines is 2. The Hall–Kier alpha value is -2.76. The predicted octanol–water partition coefficient (Wildman–Crippen LogP) is 2.07. The summed E-state index contributed by atoms with van der Waals surface area (Å²) in [5.74, 6) is -1.80. The number of nitrogens with one attached hydrogen (secondary N) is 1. The van der Waals surface area contributed by atoms with Crippen LogP contribution in [-0.4, -0.2) is 16.1 Å². The summed E-state index contributed by atoms with van der Waals surface area (Å²) in [4.78, 5) is 11.8. The van der Waals surface area contributed by atoms with Gasteiger partial charge in [0.1, 0.15) is 17.3 Å². The third kappa shape index (κ3) is 2.74. The van der Waals surface area contributed by atoms with Gasteiger partial charge >= 0.3 is 0 Å². The molecule has 2 aromatic carbocycles. The number of hydrogen-bond donors (Lipinski definition) is 4. The van der Waals surface area contributed by atoms with Crippen molar-refractivity contribution in [2.24, 2.45) is 0 Å². The van der Waals surface area contributed by atoms with Crippen molar-refractivity contribution < 1.29 is 19.4 Å². The molecular formula is C13H11FN2O3. The Morgan fingerprint density at radius 3 is 2.53 bits per heavy atom. The Labute approximate surface area is 108 Å². The van der Waals surface area contributed by atoms with E-state index < -0.39 is 11.7 Å². The van der Waals surface area contributed by atoms with Gasteiger partial charge in [-0.25, -0.2) is 4.39 Å². The van der Waals surface area contributed by atoms with Crippen molar-refractivity contribution in [2.75, 3.05) is 11.1 Å². The molecule has 0 aromatic heterocycles. The quantitative estimate of drug-likeness (QED) is 0.623. The summed E-state index contributed by atoms with van der Waals surface area (Å²) in [5.41, 5.74) is 5.47. The number of phenols is 2. The van der Waals surface area contributed by atoms with Crippen LogP contribution in [0.4, 0.5) is 15.8 Å². The van der Waals surface area contributed by atoms with Crippen molar-refractivity contribution in [1.29, 1.82) is 0 Å². The first-order valence-corrected chi connectivity index (χ1v) is 5.36. The number of halogens is 1. The van der Waals surface area contributed by atoms with E-state index in [1.807, 2.05) is 0 Å². The minimum atomic E-state index is -0.646. The van der Waals surface area contributed by atoms with Crippen molar-refractivity contribution in [3.63, 3.8) is 0 Å². The molecule has 0 aliphatic rings. The fraction of sp³-hybridized carbons (Fsp3) is 0. The highest BCUT2D eigenvalue weighted by Gasteiger charge is 2.12. The van der Waals surface area contributed by atoms with Crippen LogP contribution in [0, 0.1) is 5.82 Å². The van der Waals surface area contributed by atoms with Crippen LogP contribution in [0.15, 0.2) is 36.4 Å². The fourth-order valence-corrected chi connectivity index (χ4v) is 1.52. The fourth-order valence-electron chi connectivity index (χ4n) is 1.52. The summed E-state index contributed by atoms with van der Waals surface area (Å²) in [6, 6.07) is 7.39. The van der Waals surface area contributed by atoms with E-state index in [4.69, 9.17) is 10.8 Å². The number of benzene rings is 2. The molecule has 19 heavy (non-hydrogen) atoms. The monoisotopic (exact) mass is 262 g/mol. The second-order valence-corrected chi connectivity index (χ2v) is 3.89. The molecule has 6 heteroatoms. The van der Waals surface area contributed by atoms with Crippen molar-refractivity contribution in [3.8, 4) is 11.5 Å². The summed E-state index contributed by atoms with van der Waals surface area (Å²) in [6.07, 6.45) is 0. The molecule has 0 fully saturated rings. The van der Waals surface area contributed by atoms with Crippen LogP contribution in [0.1, 0.15) is 10.4 Å². The predicted molar refractivity (Wildman–Crippen MR) is 68.5 cm³/mol. The molecule has 0 heterocycles. The molecule has 2 rings (SSSR count). The van der Waals surface area contributed by atoms with Crippen LogP contribution in [0.3, 0.4) is 0 Å². The summed E-state index contributed by atoms with van der Waals surface area (Å²) in [6.45, 7) is 0. The lowest BCUT2D eigenvalue weighted by Gasteiger charge is -2.08. The molecule has 0 saturated carbocycles. The first kappa shape index (κ1) is 12.7. The Balaban J connectivity index is 2.23. The van der Waals surface area contributed by atoms with Crippen LogP contribution in [0.25, 0.3) is 0 Å². The Kier molecular flexibility index (Phi) is 3.24. The van der Waals surface area contributed by atoms with Gasteiger partial charge < -0.3 is 21.3 Å². The van der Waals surface area contributed by atoms with Crippen LogP contribution in [0.2, 0.25) is 0 Å². The van der Waals surface area contributed by atoms with Gasteiger partial charge in [-0.1, -0.05) is 0 Å². The second-order valence-electron chi connectivity index (χ2n) is 3.89. The van der Waals surface area contributed by atoms with E-state index in [1.54, 1.807) is 0 Å². The highest BCUT2D eigenvalue weighted by molar-refractivity contribution is 6.06. The summed E-state index contributed by atoms with van der Waals surface area (Å²) < 4.78 is 13.2. The van der Waals surface area contributed by atoms with Gasteiger partial charge in [-0.2, -0.15) is 0 Å². The maximum absolute atomic E-state index is 13.2. The smallest absolute Gasteiger partial charge is 0.259 e.